The van der Waals surface area contributed by atoms with Crippen molar-refractivity contribution < 1.29 is 13.2 Å². The van der Waals surface area contributed by atoms with E-state index in [1.807, 2.05) is 37.3 Å². The maximum Gasteiger partial charge on any atom is 0.242 e. The van der Waals surface area contributed by atoms with Crippen LogP contribution in [0.4, 0.5) is 5.69 Å². The molecule has 2 rings (SSSR count). The maximum absolute atomic E-state index is 12.5. The molecule has 0 atom stereocenters. The van der Waals surface area contributed by atoms with Crippen LogP contribution >= 0.6 is 11.8 Å². The lowest BCUT2D eigenvalue weighted by atomic mass is 10.2. The molecule has 7 heteroatoms. The molecule has 0 heterocycles. The van der Waals surface area contributed by atoms with Crippen LogP contribution in [0, 0.1) is 0 Å². The van der Waals surface area contributed by atoms with Crippen molar-refractivity contribution in [3.05, 3.63) is 60.2 Å². The van der Waals surface area contributed by atoms with E-state index in [4.69, 9.17) is 0 Å². The Morgan fingerprint density at radius 2 is 1.74 bits per heavy atom. The minimum Gasteiger partial charge on any atom is -0.325 e. The van der Waals surface area contributed by atoms with Crippen LogP contribution in [-0.4, -0.2) is 38.0 Å². The number of rotatable bonds is 10. The summed E-state index contributed by atoms with van der Waals surface area (Å²) >= 11 is 1.54. The van der Waals surface area contributed by atoms with E-state index in [2.05, 4.69) is 5.32 Å². The van der Waals surface area contributed by atoms with E-state index >= 15 is 0 Å². The van der Waals surface area contributed by atoms with Gasteiger partial charge in [-0.1, -0.05) is 43.7 Å². The zero-order valence-corrected chi connectivity index (χ0v) is 17.4. The summed E-state index contributed by atoms with van der Waals surface area (Å²) in [6, 6.07) is 16.3. The van der Waals surface area contributed by atoms with Gasteiger partial charge >= 0.3 is 0 Å². The van der Waals surface area contributed by atoms with Crippen molar-refractivity contribution in [1.82, 2.24) is 4.31 Å². The van der Waals surface area contributed by atoms with Crippen molar-refractivity contribution in [2.75, 3.05) is 24.7 Å². The Hall–Kier alpha value is -1.83. The van der Waals surface area contributed by atoms with Crippen LogP contribution in [0.2, 0.25) is 0 Å². The molecule has 0 aliphatic heterocycles. The van der Waals surface area contributed by atoms with Crippen molar-refractivity contribution in [3.63, 3.8) is 0 Å². The Balaban J connectivity index is 1.86. The highest BCUT2D eigenvalue weighted by molar-refractivity contribution is 7.99. The molecular formula is C20H26N2O3S2. The smallest absolute Gasteiger partial charge is 0.242 e. The molecule has 27 heavy (non-hydrogen) atoms. The topological polar surface area (TPSA) is 66.5 Å². The first kappa shape index (κ1) is 21.5. The van der Waals surface area contributed by atoms with E-state index in [9.17, 15) is 13.2 Å². The van der Waals surface area contributed by atoms with Crippen molar-refractivity contribution in [1.29, 1.82) is 0 Å². The molecule has 0 unspecified atom stereocenters. The molecule has 0 aliphatic carbocycles. The monoisotopic (exact) mass is 406 g/mol. The molecule has 0 saturated carbocycles. The second-order valence-electron chi connectivity index (χ2n) is 6.23. The molecule has 0 bridgehead atoms. The second-order valence-corrected chi connectivity index (χ2v) is 9.26. The summed E-state index contributed by atoms with van der Waals surface area (Å²) in [5.41, 5.74) is 1.77. The fourth-order valence-corrected chi connectivity index (χ4v) is 4.42. The number of hydrogen-bond acceptors (Lipinski definition) is 4. The van der Waals surface area contributed by atoms with E-state index in [0.717, 1.165) is 18.6 Å². The summed E-state index contributed by atoms with van der Waals surface area (Å²) in [6.07, 6.45) is 1.76. The third-order valence-electron chi connectivity index (χ3n) is 4.02. The van der Waals surface area contributed by atoms with Gasteiger partial charge in [-0.3, -0.25) is 4.79 Å². The fraction of sp³-hybridized carbons (Fsp3) is 0.350. The number of sulfonamides is 1. The van der Waals surface area contributed by atoms with Crippen molar-refractivity contribution in [3.8, 4) is 0 Å². The molecule has 146 valence electrons. The Kier molecular flexibility index (Phi) is 8.34. The lowest BCUT2D eigenvalue weighted by Crippen LogP contribution is -2.27. The highest BCUT2D eigenvalue weighted by atomic mass is 32.2. The van der Waals surface area contributed by atoms with Gasteiger partial charge in [0.25, 0.3) is 0 Å². The third kappa shape index (κ3) is 6.68. The molecule has 0 aromatic heterocycles. The summed E-state index contributed by atoms with van der Waals surface area (Å²) in [5.74, 6) is 1.01. The number of anilines is 1. The van der Waals surface area contributed by atoms with Crippen molar-refractivity contribution in [2.45, 2.75) is 30.4 Å². The van der Waals surface area contributed by atoms with Crippen LogP contribution in [-0.2, 0) is 20.6 Å². The highest BCUT2D eigenvalue weighted by Gasteiger charge is 2.20. The number of unbranched alkanes of at least 4 members (excludes halogenated alkanes) is 1. The second kappa shape index (κ2) is 10.5. The standard InChI is InChI=1S/C20H26N2O3S2/c1-3-4-14-22(2)27(24,25)19-12-10-18(11-13-19)21-20(23)16-26-15-17-8-6-5-7-9-17/h5-13H,3-4,14-16H2,1-2H3,(H,21,23). The number of amides is 1. The molecule has 0 spiro atoms. The maximum atomic E-state index is 12.5. The fourth-order valence-electron chi connectivity index (χ4n) is 2.42. The van der Waals surface area contributed by atoms with Gasteiger partial charge in [0, 0.05) is 25.0 Å². The normalized spacial score (nSPS) is 11.5. The van der Waals surface area contributed by atoms with Gasteiger partial charge in [0.1, 0.15) is 0 Å². The lowest BCUT2D eigenvalue weighted by Gasteiger charge is -2.17. The SMILES string of the molecule is CCCCN(C)S(=O)(=O)c1ccc(NC(=O)CSCc2ccccc2)cc1. The van der Waals surface area contributed by atoms with Gasteiger partial charge in [-0.25, -0.2) is 12.7 Å². The number of nitrogens with zero attached hydrogens (tertiary/aromatic N) is 1. The number of hydrogen-bond donors (Lipinski definition) is 1. The lowest BCUT2D eigenvalue weighted by molar-refractivity contribution is -0.113. The number of benzene rings is 2. The van der Waals surface area contributed by atoms with Crippen LogP contribution in [0.1, 0.15) is 25.3 Å². The first-order chi connectivity index (χ1) is 12.9. The third-order valence-corrected chi connectivity index (χ3v) is 6.89. The number of carbonyl (C=O) groups excluding carboxylic acids is 1. The average molecular weight is 407 g/mol. The Morgan fingerprint density at radius 1 is 1.07 bits per heavy atom. The molecular weight excluding hydrogens is 380 g/mol. The summed E-state index contributed by atoms with van der Waals surface area (Å²) in [6.45, 7) is 2.52. The van der Waals surface area contributed by atoms with Gasteiger partial charge in [0.2, 0.25) is 15.9 Å². The number of nitrogens with one attached hydrogen (secondary N) is 1. The zero-order chi connectivity index (χ0) is 19.7. The largest absolute Gasteiger partial charge is 0.325 e. The van der Waals surface area contributed by atoms with Gasteiger partial charge in [-0.15, -0.1) is 11.8 Å². The molecule has 0 fully saturated rings. The van der Waals surface area contributed by atoms with Gasteiger partial charge in [0.15, 0.2) is 0 Å². The van der Waals surface area contributed by atoms with Crippen molar-refractivity contribution >= 4 is 33.4 Å². The molecule has 0 radical (unpaired) electrons. The minimum absolute atomic E-state index is 0.105. The van der Waals surface area contributed by atoms with E-state index in [1.54, 1.807) is 19.2 Å². The van der Waals surface area contributed by atoms with E-state index in [0.29, 0.717) is 18.0 Å². The van der Waals surface area contributed by atoms with Crippen LogP contribution in [0.25, 0.3) is 0 Å². The summed E-state index contributed by atoms with van der Waals surface area (Å²) in [4.78, 5) is 12.3. The number of thioether (sulfide) groups is 1. The average Bonchev–Trinajstić information content (AvgIpc) is 2.67. The quantitative estimate of drug-likeness (QED) is 0.648. The predicted molar refractivity (Wildman–Crippen MR) is 112 cm³/mol. The predicted octanol–water partition coefficient (Wildman–Crippen LogP) is 3.98. The first-order valence-corrected chi connectivity index (χ1v) is 11.5. The van der Waals surface area contributed by atoms with Gasteiger partial charge in [-0.05, 0) is 36.2 Å². The Morgan fingerprint density at radius 3 is 2.37 bits per heavy atom. The van der Waals surface area contributed by atoms with Crippen LogP contribution < -0.4 is 5.32 Å². The Labute approximate surface area is 166 Å². The summed E-state index contributed by atoms with van der Waals surface area (Å²) in [5, 5.41) is 2.80. The van der Waals surface area contributed by atoms with E-state index in [-0.39, 0.29) is 10.8 Å². The molecule has 0 aliphatic rings. The molecule has 2 aromatic rings. The van der Waals surface area contributed by atoms with Crippen LogP contribution in [0.15, 0.2) is 59.5 Å². The minimum atomic E-state index is -3.48. The zero-order valence-electron chi connectivity index (χ0n) is 15.7. The molecule has 1 N–H and O–H groups in total. The Bertz CT molecular complexity index is 822. The molecule has 1 amide bonds. The van der Waals surface area contributed by atoms with Gasteiger partial charge in [-0.2, -0.15) is 0 Å². The highest BCUT2D eigenvalue weighted by Crippen LogP contribution is 2.18. The molecule has 2 aromatic carbocycles. The van der Waals surface area contributed by atoms with E-state index < -0.39 is 10.0 Å². The van der Waals surface area contributed by atoms with Crippen LogP contribution in [0.3, 0.4) is 0 Å². The first-order valence-electron chi connectivity index (χ1n) is 8.91. The van der Waals surface area contributed by atoms with Gasteiger partial charge < -0.3 is 5.32 Å². The van der Waals surface area contributed by atoms with Crippen LogP contribution in [0.5, 0.6) is 0 Å². The molecule has 0 saturated heterocycles. The van der Waals surface area contributed by atoms with E-state index in [1.165, 1.54) is 33.8 Å². The summed E-state index contributed by atoms with van der Waals surface area (Å²) in [7, 11) is -1.90. The number of carbonyl (C=O) groups is 1. The summed E-state index contributed by atoms with van der Waals surface area (Å²) < 4.78 is 26.3. The molecule has 5 nitrogen and oxygen atoms in total. The van der Waals surface area contributed by atoms with Crippen molar-refractivity contribution in [2.24, 2.45) is 0 Å². The van der Waals surface area contributed by atoms with Gasteiger partial charge in [0.05, 0.1) is 10.6 Å².